The van der Waals surface area contributed by atoms with E-state index in [-0.39, 0.29) is 35.2 Å². The van der Waals surface area contributed by atoms with Crippen molar-refractivity contribution in [2.75, 3.05) is 20.1 Å². The summed E-state index contributed by atoms with van der Waals surface area (Å²) in [5, 5.41) is 0. The van der Waals surface area contributed by atoms with E-state index in [0.29, 0.717) is 0 Å². The van der Waals surface area contributed by atoms with E-state index in [2.05, 4.69) is 0 Å². The van der Waals surface area contributed by atoms with Crippen LogP contribution in [0.5, 0.6) is 0 Å². The number of hydrogen-bond donors (Lipinski definition) is 0. The van der Waals surface area contributed by atoms with Gasteiger partial charge < -0.3 is 4.90 Å². The molecule has 1 aromatic carbocycles. The highest BCUT2D eigenvalue weighted by Crippen LogP contribution is 2.33. The van der Waals surface area contributed by atoms with Crippen molar-refractivity contribution in [2.45, 2.75) is 63.3 Å². The van der Waals surface area contributed by atoms with Crippen LogP contribution in [-0.4, -0.2) is 76.9 Å². The van der Waals surface area contributed by atoms with E-state index >= 15 is 0 Å². The zero-order valence-corrected chi connectivity index (χ0v) is 17.6. The van der Waals surface area contributed by atoms with Crippen LogP contribution in [0.15, 0.2) is 18.2 Å². The van der Waals surface area contributed by atoms with Crippen molar-refractivity contribution in [2.24, 2.45) is 0 Å². The fourth-order valence-corrected chi connectivity index (χ4v) is 4.91. The van der Waals surface area contributed by atoms with Gasteiger partial charge in [-0.2, -0.15) is 13.2 Å². The van der Waals surface area contributed by atoms with Gasteiger partial charge in [0.1, 0.15) is 6.04 Å². The number of amides is 3. The average molecular weight is 437 g/mol. The topological polar surface area (TPSA) is 60.9 Å². The van der Waals surface area contributed by atoms with Crippen LogP contribution in [0.3, 0.4) is 0 Å². The predicted octanol–water partition coefficient (Wildman–Crippen LogP) is 3.32. The normalized spacial score (nSPS) is 25.8. The number of likely N-dealkylation sites (N-methyl/N-ethyl adjacent to an activating group) is 1. The third kappa shape index (κ3) is 3.84. The summed E-state index contributed by atoms with van der Waals surface area (Å²) in [7, 11) is 1.41. The van der Waals surface area contributed by atoms with Crippen LogP contribution in [0, 0.1) is 0 Å². The molecule has 1 saturated heterocycles. The summed E-state index contributed by atoms with van der Waals surface area (Å²) in [4.78, 5) is 42.5. The molecule has 2 aliphatic heterocycles. The molecule has 0 radical (unpaired) electrons. The maximum absolute atomic E-state index is 13.4. The van der Waals surface area contributed by atoms with Crippen molar-refractivity contribution in [3.8, 4) is 0 Å². The Labute approximate surface area is 179 Å². The van der Waals surface area contributed by atoms with Gasteiger partial charge in [-0.25, -0.2) is 0 Å². The molecule has 0 spiro atoms. The molecule has 1 aromatic rings. The van der Waals surface area contributed by atoms with Crippen molar-refractivity contribution in [3.05, 3.63) is 34.9 Å². The highest BCUT2D eigenvalue weighted by atomic mass is 19.4. The number of alkyl halides is 3. The quantitative estimate of drug-likeness (QED) is 0.666. The van der Waals surface area contributed by atoms with Crippen molar-refractivity contribution >= 4 is 17.7 Å². The number of nitrogens with zero attached hydrogens (tertiary/aromatic N) is 3. The Bertz CT molecular complexity index is 911. The fourth-order valence-electron chi connectivity index (χ4n) is 4.91. The summed E-state index contributed by atoms with van der Waals surface area (Å²) in [5.41, 5.74) is 0.547. The van der Waals surface area contributed by atoms with E-state index in [1.165, 1.54) is 39.9 Å². The zero-order chi connectivity index (χ0) is 22.5. The van der Waals surface area contributed by atoms with Crippen LogP contribution in [0.25, 0.3) is 0 Å². The van der Waals surface area contributed by atoms with Gasteiger partial charge in [-0.05, 0) is 45.0 Å². The van der Waals surface area contributed by atoms with Gasteiger partial charge in [0.05, 0.1) is 11.1 Å². The lowest BCUT2D eigenvalue weighted by atomic mass is 9.94. The lowest BCUT2D eigenvalue weighted by Gasteiger charge is -2.44. The number of rotatable bonds is 2. The molecule has 3 aliphatic rings. The van der Waals surface area contributed by atoms with E-state index < -0.39 is 36.6 Å². The Balaban J connectivity index is 1.57. The van der Waals surface area contributed by atoms with E-state index in [1.807, 2.05) is 0 Å². The van der Waals surface area contributed by atoms with Gasteiger partial charge in [0.2, 0.25) is 0 Å². The number of benzene rings is 1. The molecule has 2 atom stereocenters. The molecule has 168 valence electrons. The summed E-state index contributed by atoms with van der Waals surface area (Å²) in [6, 6.07) is 1.90. The third-order valence-corrected chi connectivity index (χ3v) is 6.83. The first-order chi connectivity index (χ1) is 14.6. The second-order valence-corrected chi connectivity index (χ2v) is 8.81. The second-order valence-electron chi connectivity index (χ2n) is 8.81. The molecule has 0 N–H and O–H groups in total. The van der Waals surface area contributed by atoms with Gasteiger partial charge in [-0.3, -0.25) is 24.2 Å². The number of piperazine rings is 1. The van der Waals surface area contributed by atoms with Crippen LogP contribution in [-0.2, 0) is 0 Å². The summed E-state index contributed by atoms with van der Waals surface area (Å²) in [6.07, 6.45) is 0.0988. The monoisotopic (exact) mass is 437 g/mol. The van der Waals surface area contributed by atoms with Crippen molar-refractivity contribution in [1.82, 2.24) is 14.7 Å². The lowest BCUT2D eigenvalue weighted by molar-refractivity contribution is -0.197. The molecule has 3 amide bonds. The second kappa shape index (κ2) is 7.93. The highest BCUT2D eigenvalue weighted by Gasteiger charge is 2.48. The average Bonchev–Trinajstić information content (AvgIpc) is 2.99. The van der Waals surface area contributed by atoms with Gasteiger partial charge in [-0.1, -0.05) is 19.3 Å². The molecule has 6 nitrogen and oxygen atoms in total. The smallest absolute Gasteiger partial charge is 0.335 e. The molecule has 2 fully saturated rings. The number of halogens is 3. The molecule has 2 unspecified atom stereocenters. The van der Waals surface area contributed by atoms with Gasteiger partial charge in [0.25, 0.3) is 17.7 Å². The Hall–Kier alpha value is -2.42. The van der Waals surface area contributed by atoms with E-state index in [9.17, 15) is 27.6 Å². The first kappa shape index (κ1) is 21.8. The summed E-state index contributed by atoms with van der Waals surface area (Å²) in [5.74, 6) is -1.33. The van der Waals surface area contributed by atoms with Crippen LogP contribution in [0.2, 0.25) is 0 Å². The third-order valence-electron chi connectivity index (χ3n) is 6.83. The summed E-state index contributed by atoms with van der Waals surface area (Å²) in [6.45, 7) is 1.33. The molecule has 4 rings (SSSR count). The SMILES string of the molecule is CC1CN(C(=O)c2ccc3c(c2)C(=O)N(C2CCCCC2)C3=O)CC(C(F)(F)F)N1C. The molecular weight excluding hydrogens is 411 g/mol. The number of hydrogen-bond acceptors (Lipinski definition) is 4. The molecule has 9 heteroatoms. The highest BCUT2D eigenvalue weighted by molar-refractivity contribution is 6.22. The van der Waals surface area contributed by atoms with Crippen LogP contribution < -0.4 is 0 Å². The summed E-state index contributed by atoms with van der Waals surface area (Å²) < 4.78 is 40.3. The number of carbonyl (C=O) groups is 3. The maximum atomic E-state index is 13.4. The molecular formula is C22H26F3N3O3. The fraction of sp³-hybridized carbons (Fsp3) is 0.591. The molecule has 1 aliphatic carbocycles. The molecule has 1 saturated carbocycles. The Morgan fingerprint density at radius 3 is 2.29 bits per heavy atom. The minimum atomic E-state index is -4.46. The van der Waals surface area contributed by atoms with Crippen molar-refractivity contribution in [1.29, 1.82) is 0 Å². The number of imide groups is 1. The first-order valence-electron chi connectivity index (χ1n) is 10.7. The van der Waals surface area contributed by atoms with E-state index in [1.54, 1.807) is 6.92 Å². The minimum absolute atomic E-state index is 0.128. The first-order valence-corrected chi connectivity index (χ1v) is 10.7. The Morgan fingerprint density at radius 1 is 1.00 bits per heavy atom. The maximum Gasteiger partial charge on any atom is 0.405 e. The largest absolute Gasteiger partial charge is 0.405 e. The van der Waals surface area contributed by atoms with Crippen molar-refractivity contribution in [3.63, 3.8) is 0 Å². The standard InChI is InChI=1S/C22H26F3N3O3/c1-13-11-27(12-18(26(13)2)22(23,24)25)19(29)14-8-9-16-17(10-14)21(31)28(20(16)30)15-6-4-3-5-7-15/h8-10,13,15,18H,3-7,11-12H2,1-2H3. The van der Waals surface area contributed by atoms with Crippen LogP contribution in [0.1, 0.15) is 70.1 Å². The van der Waals surface area contributed by atoms with Crippen molar-refractivity contribution < 1.29 is 27.6 Å². The number of carbonyl (C=O) groups excluding carboxylic acids is 3. The lowest BCUT2D eigenvalue weighted by Crippen LogP contribution is -2.62. The van der Waals surface area contributed by atoms with Gasteiger partial charge >= 0.3 is 6.18 Å². The molecule has 31 heavy (non-hydrogen) atoms. The van der Waals surface area contributed by atoms with E-state index in [0.717, 1.165) is 32.1 Å². The van der Waals surface area contributed by atoms with Gasteiger partial charge in [0.15, 0.2) is 0 Å². The van der Waals surface area contributed by atoms with Crippen LogP contribution in [0.4, 0.5) is 13.2 Å². The molecule has 2 heterocycles. The van der Waals surface area contributed by atoms with Gasteiger partial charge in [-0.15, -0.1) is 0 Å². The number of fused-ring (bicyclic) bond motifs is 1. The summed E-state index contributed by atoms with van der Waals surface area (Å²) >= 11 is 0. The molecule has 0 bridgehead atoms. The minimum Gasteiger partial charge on any atom is -0.335 e. The Morgan fingerprint density at radius 2 is 1.65 bits per heavy atom. The van der Waals surface area contributed by atoms with Crippen LogP contribution >= 0.6 is 0 Å². The predicted molar refractivity (Wildman–Crippen MR) is 107 cm³/mol. The van der Waals surface area contributed by atoms with Gasteiger partial charge in [0, 0.05) is 30.7 Å². The molecule has 0 aromatic heterocycles. The Kier molecular flexibility index (Phi) is 5.57. The van der Waals surface area contributed by atoms with E-state index in [4.69, 9.17) is 0 Å². The zero-order valence-electron chi connectivity index (χ0n) is 17.6.